The Kier molecular flexibility index (Phi) is 5.24. The van der Waals surface area contributed by atoms with Crippen LogP contribution in [0.3, 0.4) is 0 Å². The van der Waals surface area contributed by atoms with Crippen molar-refractivity contribution in [2.24, 2.45) is 0 Å². The molecule has 22 heavy (non-hydrogen) atoms. The van der Waals surface area contributed by atoms with Gasteiger partial charge in [0.15, 0.2) is 0 Å². The van der Waals surface area contributed by atoms with Gasteiger partial charge in [0, 0.05) is 43.6 Å². The van der Waals surface area contributed by atoms with Gasteiger partial charge in [0.25, 0.3) is 0 Å². The van der Waals surface area contributed by atoms with Gasteiger partial charge in [-0.25, -0.2) is 0 Å². The first-order chi connectivity index (χ1) is 10.7. The van der Waals surface area contributed by atoms with E-state index in [1.165, 1.54) is 24.0 Å². The summed E-state index contributed by atoms with van der Waals surface area (Å²) in [6.45, 7) is 6.90. The Hall–Kier alpha value is -1.23. The molecular weight excluding hydrogens is 290 g/mol. The Morgan fingerprint density at radius 3 is 2.50 bits per heavy atom. The molecule has 1 N–H and O–H groups in total. The molecular formula is C18H25N3S. The third-order valence-corrected chi connectivity index (χ3v) is 5.50. The number of nitrogens with zero attached hydrogens (tertiary/aromatic N) is 2. The molecule has 1 saturated heterocycles. The monoisotopic (exact) mass is 315 g/mol. The molecule has 0 spiro atoms. The van der Waals surface area contributed by atoms with Gasteiger partial charge in [-0.15, -0.1) is 0 Å². The minimum absolute atomic E-state index is 0.459. The molecule has 0 aromatic carbocycles. The maximum absolute atomic E-state index is 4.11. The van der Waals surface area contributed by atoms with E-state index in [9.17, 15) is 0 Å². The first kappa shape index (κ1) is 15.7. The van der Waals surface area contributed by atoms with Crippen LogP contribution in [0.5, 0.6) is 0 Å². The van der Waals surface area contributed by atoms with Crippen molar-refractivity contribution in [3.05, 3.63) is 52.5 Å². The molecule has 3 heterocycles. The number of hydrogen-bond acceptors (Lipinski definition) is 4. The van der Waals surface area contributed by atoms with Crippen molar-refractivity contribution in [2.75, 3.05) is 13.1 Å². The van der Waals surface area contributed by atoms with Crippen molar-refractivity contribution in [3.63, 3.8) is 0 Å². The van der Waals surface area contributed by atoms with E-state index in [2.05, 4.69) is 58.0 Å². The zero-order valence-corrected chi connectivity index (χ0v) is 14.2. The molecule has 0 saturated carbocycles. The predicted octanol–water partition coefficient (Wildman–Crippen LogP) is 4.02. The topological polar surface area (TPSA) is 28.2 Å². The van der Waals surface area contributed by atoms with Gasteiger partial charge in [-0.05, 0) is 66.8 Å². The molecule has 118 valence electrons. The average molecular weight is 315 g/mol. The van der Waals surface area contributed by atoms with Gasteiger partial charge in [-0.1, -0.05) is 0 Å². The molecule has 0 bridgehead atoms. The van der Waals surface area contributed by atoms with Crippen molar-refractivity contribution in [2.45, 2.75) is 44.8 Å². The number of thiophene rings is 1. The summed E-state index contributed by atoms with van der Waals surface area (Å²) in [5, 5.41) is 8.20. The second-order valence-electron chi connectivity index (χ2n) is 6.21. The zero-order valence-electron chi connectivity index (χ0n) is 13.4. The van der Waals surface area contributed by atoms with Crippen LogP contribution in [0.2, 0.25) is 0 Å². The third kappa shape index (κ3) is 3.75. The van der Waals surface area contributed by atoms with Crippen LogP contribution >= 0.6 is 11.3 Å². The fraction of sp³-hybridized carbons (Fsp3) is 0.500. The second-order valence-corrected chi connectivity index (χ2v) is 6.99. The molecule has 4 heteroatoms. The van der Waals surface area contributed by atoms with Crippen LogP contribution < -0.4 is 5.32 Å². The molecule has 0 unspecified atom stereocenters. The summed E-state index contributed by atoms with van der Waals surface area (Å²) in [4.78, 5) is 6.70. The number of nitrogens with one attached hydrogen (secondary N) is 1. The SMILES string of the molecule is C[C@H](c1ccncc1)N1CCC(N[C@H](C)c2ccsc2)CC1. The highest BCUT2D eigenvalue weighted by molar-refractivity contribution is 7.07. The van der Waals surface area contributed by atoms with Crippen LogP contribution in [0, 0.1) is 0 Å². The highest BCUT2D eigenvalue weighted by atomic mass is 32.1. The van der Waals surface area contributed by atoms with Gasteiger partial charge in [0.1, 0.15) is 0 Å². The Balaban J connectivity index is 1.50. The average Bonchev–Trinajstić information content (AvgIpc) is 3.10. The maximum Gasteiger partial charge on any atom is 0.0321 e. The van der Waals surface area contributed by atoms with E-state index in [0.29, 0.717) is 18.1 Å². The number of pyridine rings is 1. The van der Waals surface area contributed by atoms with E-state index in [-0.39, 0.29) is 0 Å². The Bertz CT molecular complexity index is 547. The summed E-state index contributed by atoms with van der Waals surface area (Å²) in [6, 6.07) is 8.07. The molecule has 3 rings (SSSR count). The van der Waals surface area contributed by atoms with Crippen LogP contribution in [-0.2, 0) is 0 Å². The van der Waals surface area contributed by atoms with Gasteiger partial charge >= 0.3 is 0 Å². The van der Waals surface area contributed by atoms with Gasteiger partial charge in [-0.2, -0.15) is 11.3 Å². The first-order valence-corrected chi connectivity index (χ1v) is 9.10. The minimum Gasteiger partial charge on any atom is -0.307 e. The van der Waals surface area contributed by atoms with E-state index in [1.807, 2.05) is 12.4 Å². The fourth-order valence-corrected chi connectivity index (χ4v) is 4.03. The van der Waals surface area contributed by atoms with Gasteiger partial charge in [-0.3, -0.25) is 9.88 Å². The summed E-state index contributed by atoms with van der Waals surface area (Å²) < 4.78 is 0. The second kappa shape index (κ2) is 7.36. The molecule has 1 aliphatic rings. The van der Waals surface area contributed by atoms with Crippen molar-refractivity contribution < 1.29 is 0 Å². The van der Waals surface area contributed by atoms with Gasteiger partial charge in [0.2, 0.25) is 0 Å². The summed E-state index contributed by atoms with van der Waals surface area (Å²) in [6.07, 6.45) is 6.24. The van der Waals surface area contributed by atoms with E-state index < -0.39 is 0 Å². The zero-order chi connectivity index (χ0) is 15.4. The van der Waals surface area contributed by atoms with Crippen molar-refractivity contribution in [3.8, 4) is 0 Å². The van der Waals surface area contributed by atoms with Crippen LogP contribution in [0.4, 0.5) is 0 Å². The summed E-state index contributed by atoms with van der Waals surface area (Å²) in [5.74, 6) is 0. The van der Waals surface area contributed by atoms with E-state index >= 15 is 0 Å². The number of likely N-dealkylation sites (tertiary alicyclic amines) is 1. The van der Waals surface area contributed by atoms with E-state index in [0.717, 1.165) is 13.1 Å². The Labute approximate surface area is 137 Å². The van der Waals surface area contributed by atoms with Crippen molar-refractivity contribution in [1.82, 2.24) is 15.2 Å². The highest BCUT2D eigenvalue weighted by Crippen LogP contribution is 2.25. The summed E-state index contributed by atoms with van der Waals surface area (Å²) in [5.41, 5.74) is 2.78. The Morgan fingerprint density at radius 2 is 1.86 bits per heavy atom. The van der Waals surface area contributed by atoms with Crippen LogP contribution in [0.25, 0.3) is 0 Å². The lowest BCUT2D eigenvalue weighted by molar-refractivity contribution is 0.149. The Morgan fingerprint density at radius 1 is 1.14 bits per heavy atom. The highest BCUT2D eigenvalue weighted by Gasteiger charge is 2.24. The molecule has 1 aliphatic heterocycles. The number of aromatic nitrogens is 1. The smallest absolute Gasteiger partial charge is 0.0321 e. The third-order valence-electron chi connectivity index (χ3n) is 4.79. The quantitative estimate of drug-likeness (QED) is 0.903. The molecule has 0 aliphatic carbocycles. The maximum atomic E-state index is 4.11. The molecule has 2 aromatic rings. The predicted molar refractivity (Wildman–Crippen MR) is 93.1 cm³/mol. The molecule has 1 fully saturated rings. The van der Waals surface area contributed by atoms with Gasteiger partial charge in [0.05, 0.1) is 0 Å². The lowest BCUT2D eigenvalue weighted by atomic mass is 9.99. The van der Waals surface area contributed by atoms with E-state index in [4.69, 9.17) is 0 Å². The molecule has 3 nitrogen and oxygen atoms in total. The van der Waals surface area contributed by atoms with Crippen LogP contribution in [0.1, 0.15) is 49.9 Å². The van der Waals surface area contributed by atoms with Crippen molar-refractivity contribution >= 4 is 11.3 Å². The van der Waals surface area contributed by atoms with Crippen LogP contribution in [-0.4, -0.2) is 29.0 Å². The van der Waals surface area contributed by atoms with Gasteiger partial charge < -0.3 is 5.32 Å². The summed E-state index contributed by atoms with van der Waals surface area (Å²) in [7, 11) is 0. The normalized spacial score (nSPS) is 19.9. The van der Waals surface area contributed by atoms with E-state index in [1.54, 1.807) is 11.3 Å². The van der Waals surface area contributed by atoms with Crippen LogP contribution in [0.15, 0.2) is 41.4 Å². The number of hydrogen-bond donors (Lipinski definition) is 1. The van der Waals surface area contributed by atoms with Crippen molar-refractivity contribution in [1.29, 1.82) is 0 Å². The molecule has 2 atom stereocenters. The molecule has 2 aromatic heterocycles. The lowest BCUT2D eigenvalue weighted by Crippen LogP contribution is -2.44. The minimum atomic E-state index is 0.459. The molecule has 0 radical (unpaired) electrons. The fourth-order valence-electron chi connectivity index (χ4n) is 3.28. The standard InChI is InChI=1S/C18H25N3S/c1-14(17-7-12-22-13-17)20-18-5-10-21(11-6-18)15(2)16-3-8-19-9-4-16/h3-4,7-9,12-15,18,20H,5-6,10-11H2,1-2H3/t14-,15-/m1/s1. The molecule has 0 amide bonds. The lowest BCUT2D eigenvalue weighted by Gasteiger charge is -2.37. The largest absolute Gasteiger partial charge is 0.307 e. The number of piperidine rings is 1. The number of rotatable bonds is 5. The summed E-state index contributed by atoms with van der Waals surface area (Å²) >= 11 is 1.78. The first-order valence-electron chi connectivity index (χ1n) is 8.16.